The maximum absolute atomic E-state index is 11.9. The molecule has 0 radical (unpaired) electrons. The fourth-order valence-corrected chi connectivity index (χ4v) is 2.99. The SMILES string of the molecule is CN1CCC(N2CCCC(CCN)C2)C1=O. The molecule has 2 aliphatic rings. The molecule has 0 aromatic heterocycles. The van der Waals surface area contributed by atoms with E-state index in [1.807, 2.05) is 11.9 Å². The van der Waals surface area contributed by atoms with Gasteiger partial charge in [0.1, 0.15) is 0 Å². The molecule has 2 N–H and O–H groups in total. The van der Waals surface area contributed by atoms with Crippen LogP contribution in [-0.4, -0.2) is 55.0 Å². The summed E-state index contributed by atoms with van der Waals surface area (Å²) in [7, 11) is 1.91. The fourth-order valence-electron chi connectivity index (χ4n) is 2.99. The van der Waals surface area contributed by atoms with Gasteiger partial charge in [0.05, 0.1) is 6.04 Å². The average molecular weight is 225 g/mol. The highest BCUT2D eigenvalue weighted by molar-refractivity contribution is 5.83. The van der Waals surface area contributed by atoms with Crippen molar-refractivity contribution in [3.63, 3.8) is 0 Å². The van der Waals surface area contributed by atoms with Crippen LogP contribution >= 0.6 is 0 Å². The molecule has 2 saturated heterocycles. The van der Waals surface area contributed by atoms with E-state index in [1.54, 1.807) is 0 Å². The first kappa shape index (κ1) is 11.9. The molecule has 0 aromatic rings. The van der Waals surface area contributed by atoms with E-state index in [1.165, 1.54) is 12.8 Å². The van der Waals surface area contributed by atoms with Crippen LogP contribution in [-0.2, 0) is 4.79 Å². The monoisotopic (exact) mass is 225 g/mol. The third-order valence-electron chi connectivity index (χ3n) is 3.97. The molecule has 2 unspecified atom stereocenters. The molecule has 0 saturated carbocycles. The number of carbonyl (C=O) groups is 1. The van der Waals surface area contributed by atoms with Crippen molar-refractivity contribution in [2.75, 3.05) is 33.2 Å². The van der Waals surface area contributed by atoms with Crippen LogP contribution in [0.3, 0.4) is 0 Å². The largest absolute Gasteiger partial charge is 0.344 e. The van der Waals surface area contributed by atoms with Crippen LogP contribution in [0.15, 0.2) is 0 Å². The predicted octanol–water partition coefficient (Wildman–Crippen LogP) is 0.278. The first-order valence-electron chi connectivity index (χ1n) is 6.41. The van der Waals surface area contributed by atoms with E-state index in [9.17, 15) is 4.79 Å². The number of amides is 1. The summed E-state index contributed by atoms with van der Waals surface area (Å²) in [6.45, 7) is 3.85. The summed E-state index contributed by atoms with van der Waals surface area (Å²) in [5.74, 6) is 1.02. The Balaban J connectivity index is 1.91. The van der Waals surface area contributed by atoms with Crippen LogP contribution in [0.2, 0.25) is 0 Å². The van der Waals surface area contributed by atoms with Gasteiger partial charge in [0.25, 0.3) is 0 Å². The Labute approximate surface area is 97.8 Å². The molecule has 2 atom stereocenters. The van der Waals surface area contributed by atoms with Crippen molar-refractivity contribution in [1.29, 1.82) is 0 Å². The molecular formula is C12H23N3O. The molecule has 0 aliphatic carbocycles. The summed E-state index contributed by atoms with van der Waals surface area (Å²) in [4.78, 5) is 16.2. The summed E-state index contributed by atoms with van der Waals surface area (Å²) in [6, 6.07) is 0.158. The predicted molar refractivity (Wildman–Crippen MR) is 64.0 cm³/mol. The van der Waals surface area contributed by atoms with Crippen LogP contribution in [0, 0.1) is 5.92 Å². The Kier molecular flexibility index (Phi) is 3.82. The van der Waals surface area contributed by atoms with Crippen molar-refractivity contribution in [2.24, 2.45) is 11.7 Å². The molecule has 4 heteroatoms. The lowest BCUT2D eigenvalue weighted by atomic mass is 9.93. The molecule has 0 aromatic carbocycles. The van der Waals surface area contributed by atoms with Crippen molar-refractivity contribution < 1.29 is 4.79 Å². The molecule has 2 fully saturated rings. The highest BCUT2D eigenvalue weighted by Gasteiger charge is 2.35. The van der Waals surface area contributed by atoms with E-state index >= 15 is 0 Å². The van der Waals surface area contributed by atoms with E-state index in [0.29, 0.717) is 11.8 Å². The summed E-state index contributed by atoms with van der Waals surface area (Å²) in [5.41, 5.74) is 5.61. The lowest BCUT2D eigenvalue weighted by Crippen LogP contribution is -2.46. The molecular weight excluding hydrogens is 202 g/mol. The summed E-state index contributed by atoms with van der Waals surface area (Å²) >= 11 is 0. The highest BCUT2D eigenvalue weighted by atomic mass is 16.2. The van der Waals surface area contributed by atoms with Crippen LogP contribution in [0.1, 0.15) is 25.7 Å². The van der Waals surface area contributed by atoms with Gasteiger partial charge in [-0.1, -0.05) is 0 Å². The molecule has 2 aliphatic heterocycles. The standard InChI is InChI=1S/C12H23N3O/c1-14-8-5-11(12(14)16)15-7-2-3-10(9-15)4-6-13/h10-11H,2-9,13H2,1H3. The maximum atomic E-state index is 11.9. The van der Waals surface area contributed by atoms with Gasteiger partial charge < -0.3 is 10.6 Å². The zero-order valence-corrected chi connectivity index (χ0v) is 10.2. The van der Waals surface area contributed by atoms with Gasteiger partial charge in [0, 0.05) is 20.1 Å². The quantitative estimate of drug-likeness (QED) is 0.750. The molecule has 4 nitrogen and oxygen atoms in total. The Hall–Kier alpha value is -0.610. The second-order valence-electron chi connectivity index (χ2n) is 5.14. The highest BCUT2D eigenvalue weighted by Crippen LogP contribution is 2.24. The van der Waals surface area contributed by atoms with Crippen molar-refractivity contribution in [2.45, 2.75) is 31.7 Å². The zero-order chi connectivity index (χ0) is 11.5. The zero-order valence-electron chi connectivity index (χ0n) is 10.2. The van der Waals surface area contributed by atoms with Crippen LogP contribution in [0.4, 0.5) is 0 Å². The number of nitrogens with two attached hydrogens (primary N) is 1. The maximum Gasteiger partial charge on any atom is 0.239 e. The Morgan fingerprint density at radius 2 is 2.19 bits per heavy atom. The van der Waals surface area contributed by atoms with E-state index in [0.717, 1.165) is 39.0 Å². The van der Waals surface area contributed by atoms with Gasteiger partial charge >= 0.3 is 0 Å². The molecule has 0 bridgehead atoms. The van der Waals surface area contributed by atoms with Gasteiger partial charge in [-0.25, -0.2) is 0 Å². The van der Waals surface area contributed by atoms with Gasteiger partial charge in [0.15, 0.2) is 0 Å². The first-order valence-corrected chi connectivity index (χ1v) is 6.41. The summed E-state index contributed by atoms with van der Waals surface area (Å²) in [5, 5.41) is 0. The smallest absolute Gasteiger partial charge is 0.239 e. The van der Waals surface area contributed by atoms with E-state index in [2.05, 4.69) is 4.90 Å². The number of carbonyl (C=O) groups excluding carboxylic acids is 1. The number of rotatable bonds is 3. The minimum atomic E-state index is 0.158. The van der Waals surface area contributed by atoms with E-state index in [4.69, 9.17) is 5.73 Å². The van der Waals surface area contributed by atoms with Gasteiger partial charge in [0.2, 0.25) is 5.91 Å². The van der Waals surface area contributed by atoms with Crippen molar-refractivity contribution in [1.82, 2.24) is 9.80 Å². The summed E-state index contributed by atoms with van der Waals surface area (Å²) < 4.78 is 0. The van der Waals surface area contributed by atoms with E-state index < -0.39 is 0 Å². The Bertz CT molecular complexity index is 255. The van der Waals surface area contributed by atoms with Gasteiger partial charge in [-0.2, -0.15) is 0 Å². The molecule has 0 spiro atoms. The third kappa shape index (κ3) is 2.38. The van der Waals surface area contributed by atoms with Crippen LogP contribution in [0.5, 0.6) is 0 Å². The minimum absolute atomic E-state index is 0.158. The molecule has 16 heavy (non-hydrogen) atoms. The second-order valence-corrected chi connectivity index (χ2v) is 5.14. The molecule has 2 rings (SSSR count). The molecule has 2 heterocycles. The van der Waals surface area contributed by atoms with Crippen LogP contribution in [0.25, 0.3) is 0 Å². The minimum Gasteiger partial charge on any atom is -0.344 e. The van der Waals surface area contributed by atoms with Crippen molar-refractivity contribution in [3.05, 3.63) is 0 Å². The Morgan fingerprint density at radius 3 is 2.81 bits per heavy atom. The van der Waals surface area contributed by atoms with Gasteiger partial charge in [-0.15, -0.1) is 0 Å². The average Bonchev–Trinajstić information content (AvgIpc) is 2.61. The normalized spacial score (nSPS) is 32.4. The fraction of sp³-hybridized carbons (Fsp3) is 0.917. The van der Waals surface area contributed by atoms with E-state index in [-0.39, 0.29) is 6.04 Å². The molecule has 1 amide bonds. The van der Waals surface area contributed by atoms with Crippen molar-refractivity contribution >= 4 is 5.91 Å². The van der Waals surface area contributed by atoms with Crippen molar-refractivity contribution in [3.8, 4) is 0 Å². The lowest BCUT2D eigenvalue weighted by molar-refractivity contribution is -0.131. The first-order chi connectivity index (χ1) is 7.72. The summed E-state index contributed by atoms with van der Waals surface area (Å²) in [6.07, 6.45) is 4.61. The molecule has 92 valence electrons. The number of likely N-dealkylation sites (tertiary alicyclic amines) is 2. The number of hydrogen-bond donors (Lipinski definition) is 1. The van der Waals surface area contributed by atoms with Crippen LogP contribution < -0.4 is 5.73 Å². The second kappa shape index (κ2) is 5.15. The topological polar surface area (TPSA) is 49.6 Å². The number of hydrogen-bond acceptors (Lipinski definition) is 3. The number of likely N-dealkylation sites (N-methyl/N-ethyl adjacent to an activating group) is 1. The van der Waals surface area contributed by atoms with Gasteiger partial charge in [-0.05, 0) is 44.7 Å². The number of piperidine rings is 1. The van der Waals surface area contributed by atoms with Gasteiger partial charge in [-0.3, -0.25) is 9.69 Å². The number of nitrogens with zero attached hydrogens (tertiary/aromatic N) is 2. The third-order valence-corrected chi connectivity index (χ3v) is 3.97. The Morgan fingerprint density at radius 1 is 1.38 bits per heavy atom. The lowest BCUT2D eigenvalue weighted by Gasteiger charge is -2.35.